The maximum atomic E-state index is 10.8. The van der Waals surface area contributed by atoms with Crippen molar-refractivity contribution < 1.29 is 10.0 Å². The second-order valence-corrected chi connectivity index (χ2v) is 4.00. The van der Waals surface area contributed by atoms with Crippen LogP contribution in [-0.4, -0.2) is 21.4 Å². The number of nitrogens with zero attached hydrogens (tertiary/aromatic N) is 3. The molecule has 1 N–H and O–H groups in total. The average molecular weight is 235 g/mol. The predicted octanol–water partition coefficient (Wildman–Crippen LogP) is 1.05. The summed E-state index contributed by atoms with van der Waals surface area (Å²) >= 11 is 1.29. The van der Waals surface area contributed by atoms with Gasteiger partial charge in [-0.05, 0) is 31.2 Å². The SMILES string of the molecule is Cc1cs/c(=N/N=C2C=CC(=O)C=C2)n1O. The first-order valence-electron chi connectivity index (χ1n) is 4.55. The standard InChI is InChI=1S/C10H9N3O2S/c1-7-6-16-10(13(7)15)12-11-8-2-4-9(14)5-3-8/h2-6,15H,1H3/b12-10+. The molecule has 1 heterocycles. The van der Waals surface area contributed by atoms with E-state index in [2.05, 4.69) is 10.2 Å². The van der Waals surface area contributed by atoms with Crippen LogP contribution in [0, 0.1) is 6.92 Å². The maximum absolute atomic E-state index is 10.8. The van der Waals surface area contributed by atoms with Crippen molar-refractivity contribution in [2.75, 3.05) is 0 Å². The molecule has 1 aromatic rings. The van der Waals surface area contributed by atoms with Gasteiger partial charge in [-0.3, -0.25) is 4.79 Å². The van der Waals surface area contributed by atoms with Crippen molar-refractivity contribution in [2.24, 2.45) is 10.2 Å². The summed E-state index contributed by atoms with van der Waals surface area (Å²) in [4.78, 5) is 11.2. The minimum atomic E-state index is -0.0665. The average Bonchev–Trinajstić information content (AvgIpc) is 2.60. The van der Waals surface area contributed by atoms with Crippen molar-refractivity contribution in [3.8, 4) is 0 Å². The van der Waals surface area contributed by atoms with Crippen LogP contribution >= 0.6 is 11.3 Å². The van der Waals surface area contributed by atoms with Crippen LogP contribution in [0.5, 0.6) is 0 Å². The van der Waals surface area contributed by atoms with E-state index in [-0.39, 0.29) is 5.78 Å². The molecule has 0 bridgehead atoms. The van der Waals surface area contributed by atoms with E-state index in [0.717, 1.165) is 4.73 Å². The smallest absolute Gasteiger partial charge is 0.243 e. The quantitative estimate of drug-likeness (QED) is 0.449. The molecule has 16 heavy (non-hydrogen) atoms. The van der Waals surface area contributed by atoms with Gasteiger partial charge in [0.15, 0.2) is 5.78 Å². The van der Waals surface area contributed by atoms with Gasteiger partial charge in [-0.15, -0.1) is 21.5 Å². The third-order valence-electron chi connectivity index (χ3n) is 1.94. The maximum Gasteiger partial charge on any atom is 0.243 e. The van der Waals surface area contributed by atoms with Crippen molar-refractivity contribution >= 4 is 22.8 Å². The molecule has 0 radical (unpaired) electrons. The van der Waals surface area contributed by atoms with Crippen molar-refractivity contribution in [1.82, 2.24) is 4.73 Å². The van der Waals surface area contributed by atoms with Crippen molar-refractivity contribution in [1.29, 1.82) is 0 Å². The van der Waals surface area contributed by atoms with Gasteiger partial charge in [0.2, 0.25) is 4.80 Å². The normalized spacial score (nSPS) is 15.9. The molecule has 0 saturated heterocycles. The molecule has 1 aromatic heterocycles. The van der Waals surface area contributed by atoms with E-state index in [4.69, 9.17) is 0 Å². The van der Waals surface area contributed by atoms with Crippen LogP contribution in [0.3, 0.4) is 0 Å². The molecular formula is C10H9N3O2S. The first-order chi connectivity index (χ1) is 7.66. The van der Waals surface area contributed by atoms with E-state index >= 15 is 0 Å². The summed E-state index contributed by atoms with van der Waals surface area (Å²) < 4.78 is 0.968. The molecule has 6 heteroatoms. The minimum Gasteiger partial charge on any atom is -0.426 e. The summed E-state index contributed by atoms with van der Waals surface area (Å²) in [7, 11) is 0. The van der Waals surface area contributed by atoms with Crippen molar-refractivity contribution in [3.63, 3.8) is 0 Å². The van der Waals surface area contributed by atoms with Crippen LogP contribution in [0.4, 0.5) is 0 Å². The van der Waals surface area contributed by atoms with Gasteiger partial charge >= 0.3 is 0 Å². The molecule has 0 amide bonds. The number of thiazole rings is 1. The summed E-state index contributed by atoms with van der Waals surface area (Å²) in [5.74, 6) is -0.0665. The molecule has 1 aliphatic rings. The fourth-order valence-electron chi connectivity index (χ4n) is 1.07. The zero-order chi connectivity index (χ0) is 11.5. The van der Waals surface area contributed by atoms with Crippen LogP contribution in [0.25, 0.3) is 0 Å². The Balaban J connectivity index is 2.30. The Morgan fingerprint density at radius 2 is 1.94 bits per heavy atom. The molecule has 0 unspecified atom stereocenters. The van der Waals surface area contributed by atoms with Gasteiger partial charge < -0.3 is 5.21 Å². The zero-order valence-electron chi connectivity index (χ0n) is 8.49. The molecule has 1 aliphatic carbocycles. The Kier molecular flexibility index (Phi) is 2.82. The van der Waals surface area contributed by atoms with Gasteiger partial charge in [-0.25, -0.2) is 0 Å². The predicted molar refractivity (Wildman–Crippen MR) is 60.5 cm³/mol. The van der Waals surface area contributed by atoms with E-state index in [9.17, 15) is 10.0 Å². The van der Waals surface area contributed by atoms with Crippen LogP contribution in [0.1, 0.15) is 5.69 Å². The fourth-order valence-corrected chi connectivity index (χ4v) is 1.78. The lowest BCUT2D eigenvalue weighted by molar-refractivity contribution is -0.110. The highest BCUT2D eigenvalue weighted by Gasteiger charge is 2.00. The number of hydrogen-bond acceptors (Lipinski definition) is 5. The van der Waals surface area contributed by atoms with Crippen LogP contribution in [-0.2, 0) is 4.79 Å². The van der Waals surface area contributed by atoms with E-state index < -0.39 is 0 Å². The van der Waals surface area contributed by atoms with Gasteiger partial charge in [0.05, 0.1) is 11.4 Å². The molecule has 0 aromatic carbocycles. The first kappa shape index (κ1) is 10.6. The third kappa shape index (κ3) is 2.17. The summed E-state index contributed by atoms with van der Waals surface area (Å²) in [6.07, 6.45) is 5.99. The Labute approximate surface area is 95.3 Å². The number of rotatable bonds is 1. The largest absolute Gasteiger partial charge is 0.426 e. The van der Waals surface area contributed by atoms with Gasteiger partial charge in [0.1, 0.15) is 0 Å². The van der Waals surface area contributed by atoms with E-state index in [1.807, 2.05) is 0 Å². The van der Waals surface area contributed by atoms with E-state index in [1.54, 1.807) is 24.5 Å². The lowest BCUT2D eigenvalue weighted by atomic mass is 10.2. The first-order valence-corrected chi connectivity index (χ1v) is 5.43. The van der Waals surface area contributed by atoms with Gasteiger partial charge in [0, 0.05) is 5.38 Å². The zero-order valence-corrected chi connectivity index (χ0v) is 9.31. The van der Waals surface area contributed by atoms with Crippen LogP contribution in [0.15, 0.2) is 39.9 Å². The molecule has 0 saturated carbocycles. The number of ketones is 1. The summed E-state index contributed by atoms with van der Waals surface area (Å²) in [6.45, 7) is 1.77. The molecule has 0 aliphatic heterocycles. The summed E-state index contributed by atoms with van der Waals surface area (Å²) in [5, 5.41) is 19.0. The van der Waals surface area contributed by atoms with Crippen molar-refractivity contribution in [3.05, 3.63) is 40.2 Å². The molecular weight excluding hydrogens is 226 g/mol. The van der Waals surface area contributed by atoms with E-state index in [0.29, 0.717) is 16.2 Å². The van der Waals surface area contributed by atoms with Crippen LogP contribution < -0.4 is 4.80 Å². The van der Waals surface area contributed by atoms with E-state index in [1.165, 1.54) is 23.5 Å². The number of carbonyl (C=O) groups excluding carboxylic acids is 1. The lowest BCUT2D eigenvalue weighted by Crippen LogP contribution is -2.12. The summed E-state index contributed by atoms with van der Waals surface area (Å²) in [6, 6.07) is 0. The Bertz CT molecular complexity index is 557. The second kappa shape index (κ2) is 4.28. The Hall–Kier alpha value is -1.95. The highest BCUT2D eigenvalue weighted by Crippen LogP contribution is 1.98. The van der Waals surface area contributed by atoms with Gasteiger partial charge in [-0.1, -0.05) is 0 Å². The molecule has 0 fully saturated rings. The molecule has 2 rings (SSSR count). The highest BCUT2D eigenvalue weighted by atomic mass is 32.1. The second-order valence-electron chi connectivity index (χ2n) is 3.17. The monoisotopic (exact) mass is 235 g/mol. The number of carbonyl (C=O) groups is 1. The third-order valence-corrected chi connectivity index (χ3v) is 2.86. The highest BCUT2D eigenvalue weighted by molar-refractivity contribution is 7.07. The topological polar surface area (TPSA) is 67.0 Å². The lowest BCUT2D eigenvalue weighted by Gasteiger charge is -1.94. The number of aromatic nitrogens is 1. The molecule has 0 atom stereocenters. The molecule has 82 valence electrons. The van der Waals surface area contributed by atoms with Gasteiger partial charge in [-0.2, -0.15) is 4.73 Å². The van der Waals surface area contributed by atoms with Crippen molar-refractivity contribution in [2.45, 2.75) is 6.92 Å². The number of hydrogen-bond donors (Lipinski definition) is 1. The fraction of sp³-hybridized carbons (Fsp3) is 0.100. The Morgan fingerprint density at radius 3 is 2.50 bits per heavy atom. The van der Waals surface area contributed by atoms with Gasteiger partial charge in [0.25, 0.3) is 0 Å². The Morgan fingerprint density at radius 1 is 1.25 bits per heavy atom. The number of aryl methyl sites for hydroxylation is 1. The number of allylic oxidation sites excluding steroid dienone is 4. The molecule has 5 nitrogen and oxygen atoms in total. The minimum absolute atomic E-state index is 0.0665. The summed E-state index contributed by atoms with van der Waals surface area (Å²) in [5.41, 5.74) is 1.28. The van der Waals surface area contributed by atoms with Crippen LogP contribution in [0.2, 0.25) is 0 Å². The molecule has 0 spiro atoms.